The van der Waals surface area contributed by atoms with E-state index in [1.807, 2.05) is 25.1 Å². The van der Waals surface area contributed by atoms with Gasteiger partial charge in [-0.25, -0.2) is 0 Å². The molecule has 2 aromatic rings. The van der Waals surface area contributed by atoms with Crippen LogP contribution in [-0.2, 0) is 16.1 Å². The molecule has 0 fully saturated rings. The van der Waals surface area contributed by atoms with Crippen molar-refractivity contribution in [3.63, 3.8) is 0 Å². The second-order valence-corrected chi connectivity index (χ2v) is 4.97. The van der Waals surface area contributed by atoms with Crippen LogP contribution >= 0.6 is 0 Å². The molecule has 0 saturated heterocycles. The molecule has 1 heterocycles. The smallest absolute Gasteiger partial charge is 0.321 e. The van der Waals surface area contributed by atoms with Gasteiger partial charge in [0.05, 0.1) is 19.2 Å². The van der Waals surface area contributed by atoms with E-state index in [0.29, 0.717) is 11.4 Å². The summed E-state index contributed by atoms with van der Waals surface area (Å²) in [4.78, 5) is 23.2. The lowest BCUT2D eigenvalue weighted by atomic mass is 10.1. The van der Waals surface area contributed by atoms with Gasteiger partial charge in [-0.3, -0.25) is 14.9 Å². The van der Waals surface area contributed by atoms with Crippen molar-refractivity contribution < 1.29 is 19.1 Å². The summed E-state index contributed by atoms with van der Waals surface area (Å²) in [5.41, 5.74) is 1.67. The minimum absolute atomic E-state index is 0.163. The standard InChI is InChI=1S/C16H18N2O4/c1-11-4-2-5-12(8-11)18-15(19)9-14(16(20)21)17-10-13-6-3-7-22-13/h2-8,14,17H,9-10H2,1H3,(H,18,19)(H,20,21)/t14-/m1/s1. The Balaban J connectivity index is 1.89. The molecule has 1 aromatic carbocycles. The van der Waals surface area contributed by atoms with Gasteiger partial charge in [0.2, 0.25) is 5.91 Å². The normalized spacial score (nSPS) is 11.9. The largest absolute Gasteiger partial charge is 0.480 e. The molecular weight excluding hydrogens is 284 g/mol. The summed E-state index contributed by atoms with van der Waals surface area (Å²) in [6.45, 7) is 2.17. The Morgan fingerprint density at radius 1 is 1.27 bits per heavy atom. The zero-order valence-corrected chi connectivity index (χ0v) is 12.2. The molecule has 0 unspecified atom stereocenters. The molecule has 3 N–H and O–H groups in total. The fourth-order valence-electron chi connectivity index (χ4n) is 2.00. The fourth-order valence-corrected chi connectivity index (χ4v) is 2.00. The third kappa shape index (κ3) is 4.75. The van der Waals surface area contributed by atoms with E-state index in [1.165, 1.54) is 6.26 Å². The molecule has 0 aliphatic carbocycles. The molecule has 1 aromatic heterocycles. The Morgan fingerprint density at radius 2 is 2.09 bits per heavy atom. The molecule has 0 bridgehead atoms. The first-order chi connectivity index (χ1) is 10.5. The van der Waals surface area contributed by atoms with Gasteiger partial charge in [0.25, 0.3) is 0 Å². The molecule has 6 heteroatoms. The van der Waals surface area contributed by atoms with Crippen LogP contribution < -0.4 is 10.6 Å². The van der Waals surface area contributed by atoms with Crippen LogP contribution in [0, 0.1) is 6.92 Å². The highest BCUT2D eigenvalue weighted by Gasteiger charge is 2.21. The summed E-state index contributed by atoms with van der Waals surface area (Å²) in [6.07, 6.45) is 1.35. The van der Waals surface area contributed by atoms with E-state index in [4.69, 9.17) is 4.42 Å². The summed E-state index contributed by atoms with van der Waals surface area (Å²) in [6, 6.07) is 9.81. The van der Waals surface area contributed by atoms with Crippen LogP contribution in [0.1, 0.15) is 17.7 Å². The summed E-state index contributed by atoms with van der Waals surface area (Å²) in [7, 11) is 0. The number of amides is 1. The van der Waals surface area contributed by atoms with Crippen molar-refractivity contribution >= 4 is 17.6 Å². The molecule has 1 atom stereocenters. The molecule has 1 amide bonds. The van der Waals surface area contributed by atoms with E-state index in [-0.39, 0.29) is 18.9 Å². The highest BCUT2D eigenvalue weighted by Crippen LogP contribution is 2.10. The summed E-state index contributed by atoms with van der Waals surface area (Å²) in [5, 5.41) is 14.7. The van der Waals surface area contributed by atoms with E-state index in [9.17, 15) is 14.7 Å². The zero-order valence-electron chi connectivity index (χ0n) is 12.2. The minimum atomic E-state index is -1.08. The molecule has 116 valence electrons. The number of carbonyl (C=O) groups is 2. The summed E-state index contributed by atoms with van der Waals surface area (Å²) < 4.78 is 5.12. The predicted octanol–water partition coefficient (Wildman–Crippen LogP) is 2.16. The molecule has 0 spiro atoms. The highest BCUT2D eigenvalue weighted by atomic mass is 16.4. The van der Waals surface area contributed by atoms with Gasteiger partial charge in [-0.2, -0.15) is 0 Å². The number of hydrogen-bond donors (Lipinski definition) is 3. The third-order valence-corrected chi connectivity index (χ3v) is 3.09. The van der Waals surface area contributed by atoms with Crippen molar-refractivity contribution in [1.82, 2.24) is 5.32 Å². The SMILES string of the molecule is Cc1cccc(NC(=O)C[C@@H](NCc2ccco2)C(=O)O)c1. The molecule has 0 saturated carbocycles. The number of carbonyl (C=O) groups excluding carboxylic acids is 1. The molecule has 0 radical (unpaired) electrons. The first kappa shape index (κ1) is 15.8. The van der Waals surface area contributed by atoms with E-state index in [0.717, 1.165) is 5.56 Å². The first-order valence-corrected chi connectivity index (χ1v) is 6.89. The second-order valence-electron chi connectivity index (χ2n) is 4.97. The Labute approximate surface area is 128 Å². The van der Waals surface area contributed by atoms with Crippen molar-refractivity contribution in [1.29, 1.82) is 0 Å². The van der Waals surface area contributed by atoms with Crippen LogP contribution in [0.5, 0.6) is 0 Å². The third-order valence-electron chi connectivity index (χ3n) is 3.09. The van der Waals surface area contributed by atoms with Crippen molar-refractivity contribution in [2.24, 2.45) is 0 Å². The van der Waals surface area contributed by atoms with Crippen molar-refractivity contribution in [3.8, 4) is 0 Å². The minimum Gasteiger partial charge on any atom is -0.480 e. The lowest BCUT2D eigenvalue weighted by molar-refractivity contribution is -0.141. The van der Waals surface area contributed by atoms with Gasteiger partial charge >= 0.3 is 5.97 Å². The Morgan fingerprint density at radius 3 is 2.73 bits per heavy atom. The van der Waals surface area contributed by atoms with Crippen LogP contribution in [-0.4, -0.2) is 23.0 Å². The van der Waals surface area contributed by atoms with E-state index in [1.54, 1.807) is 18.2 Å². The van der Waals surface area contributed by atoms with Gasteiger partial charge in [-0.15, -0.1) is 0 Å². The van der Waals surface area contributed by atoms with Crippen molar-refractivity contribution in [2.75, 3.05) is 5.32 Å². The van der Waals surface area contributed by atoms with Crippen LogP contribution in [0.25, 0.3) is 0 Å². The quantitative estimate of drug-likeness (QED) is 0.729. The summed E-state index contributed by atoms with van der Waals surface area (Å²) in [5.74, 6) is -0.818. The van der Waals surface area contributed by atoms with E-state index < -0.39 is 12.0 Å². The van der Waals surface area contributed by atoms with Gasteiger partial charge in [-0.05, 0) is 36.8 Å². The number of benzene rings is 1. The van der Waals surface area contributed by atoms with Gasteiger partial charge in [-0.1, -0.05) is 12.1 Å². The summed E-state index contributed by atoms with van der Waals surface area (Å²) >= 11 is 0. The van der Waals surface area contributed by atoms with Crippen LogP contribution in [0.2, 0.25) is 0 Å². The maximum Gasteiger partial charge on any atom is 0.321 e. The molecule has 2 rings (SSSR count). The van der Waals surface area contributed by atoms with Crippen LogP contribution in [0.15, 0.2) is 47.1 Å². The topological polar surface area (TPSA) is 91.6 Å². The maximum absolute atomic E-state index is 12.0. The number of rotatable bonds is 7. The van der Waals surface area contributed by atoms with Gasteiger partial charge in [0.15, 0.2) is 0 Å². The van der Waals surface area contributed by atoms with Crippen LogP contribution in [0.4, 0.5) is 5.69 Å². The monoisotopic (exact) mass is 302 g/mol. The van der Waals surface area contributed by atoms with Gasteiger partial charge < -0.3 is 14.8 Å². The second kappa shape index (κ2) is 7.42. The highest BCUT2D eigenvalue weighted by molar-refractivity contribution is 5.94. The Hall–Kier alpha value is -2.60. The number of nitrogens with one attached hydrogen (secondary N) is 2. The van der Waals surface area contributed by atoms with E-state index >= 15 is 0 Å². The molecular formula is C16H18N2O4. The first-order valence-electron chi connectivity index (χ1n) is 6.89. The maximum atomic E-state index is 12.0. The number of anilines is 1. The fraction of sp³-hybridized carbons (Fsp3) is 0.250. The molecule has 0 aliphatic heterocycles. The number of furan rings is 1. The van der Waals surface area contributed by atoms with Gasteiger partial charge in [0.1, 0.15) is 11.8 Å². The molecule has 0 aliphatic rings. The van der Waals surface area contributed by atoms with Crippen molar-refractivity contribution in [2.45, 2.75) is 25.9 Å². The number of carboxylic acids is 1. The molecule has 22 heavy (non-hydrogen) atoms. The number of aliphatic carboxylic acids is 1. The number of carboxylic acid groups (broad SMARTS) is 1. The Kier molecular flexibility index (Phi) is 5.32. The number of hydrogen-bond acceptors (Lipinski definition) is 4. The zero-order chi connectivity index (χ0) is 15.9. The number of aryl methyl sites for hydroxylation is 1. The average molecular weight is 302 g/mol. The average Bonchev–Trinajstić information content (AvgIpc) is 2.96. The lowest BCUT2D eigenvalue weighted by Crippen LogP contribution is -2.39. The lowest BCUT2D eigenvalue weighted by Gasteiger charge is -2.13. The van der Waals surface area contributed by atoms with Crippen molar-refractivity contribution in [3.05, 3.63) is 54.0 Å². The van der Waals surface area contributed by atoms with E-state index in [2.05, 4.69) is 10.6 Å². The predicted molar refractivity (Wildman–Crippen MR) is 81.4 cm³/mol. The molecule has 6 nitrogen and oxygen atoms in total. The Bertz CT molecular complexity index is 637. The van der Waals surface area contributed by atoms with Crippen LogP contribution in [0.3, 0.4) is 0 Å². The van der Waals surface area contributed by atoms with Gasteiger partial charge in [0, 0.05) is 5.69 Å².